The fourth-order valence-corrected chi connectivity index (χ4v) is 2.85. The summed E-state index contributed by atoms with van der Waals surface area (Å²) in [6.07, 6.45) is 0.620. The Hall–Kier alpha value is -2.05. The van der Waals surface area contributed by atoms with Crippen LogP contribution in [0.4, 0.5) is 4.79 Å². The van der Waals surface area contributed by atoms with Crippen LogP contribution in [0.25, 0.3) is 0 Å². The van der Waals surface area contributed by atoms with E-state index < -0.39 is 16.1 Å². The predicted molar refractivity (Wildman–Crippen MR) is 85.3 cm³/mol. The van der Waals surface area contributed by atoms with Crippen molar-refractivity contribution in [2.75, 3.05) is 6.54 Å². The normalized spacial score (nSPS) is 11.0. The number of rotatable bonds is 5. The Morgan fingerprint density at radius 3 is 2.27 bits per heavy atom. The fourth-order valence-electron chi connectivity index (χ4n) is 1.80. The van der Waals surface area contributed by atoms with Gasteiger partial charge in [-0.05, 0) is 36.2 Å². The van der Waals surface area contributed by atoms with Gasteiger partial charge < -0.3 is 5.32 Å². The Bertz CT molecular complexity index is 731. The molecule has 0 aliphatic rings. The molecule has 0 aliphatic carbocycles. The molecule has 0 saturated heterocycles. The monoisotopic (exact) mass is 338 g/mol. The van der Waals surface area contributed by atoms with Gasteiger partial charge in [-0.15, -0.1) is 0 Å². The Labute approximate surface area is 134 Å². The van der Waals surface area contributed by atoms with Crippen LogP contribution in [-0.4, -0.2) is 21.0 Å². The molecule has 116 valence electrons. The molecule has 2 N–H and O–H groups in total. The lowest BCUT2D eigenvalue weighted by molar-refractivity contribution is 0.246. The number of hydrogen-bond acceptors (Lipinski definition) is 3. The molecule has 2 rings (SSSR count). The molecule has 2 aromatic carbocycles. The number of benzene rings is 2. The first-order chi connectivity index (χ1) is 10.5. The smallest absolute Gasteiger partial charge is 0.328 e. The molecule has 5 nitrogen and oxygen atoms in total. The highest BCUT2D eigenvalue weighted by molar-refractivity contribution is 7.90. The average Bonchev–Trinajstić information content (AvgIpc) is 2.48. The molecule has 0 aliphatic heterocycles. The van der Waals surface area contributed by atoms with Gasteiger partial charge >= 0.3 is 6.03 Å². The zero-order chi connectivity index (χ0) is 16.0. The molecule has 0 bridgehead atoms. The van der Waals surface area contributed by atoms with Gasteiger partial charge in [0.15, 0.2) is 0 Å². The van der Waals surface area contributed by atoms with Gasteiger partial charge in [-0.2, -0.15) is 0 Å². The van der Waals surface area contributed by atoms with Crippen LogP contribution in [-0.2, 0) is 16.4 Å². The van der Waals surface area contributed by atoms with E-state index >= 15 is 0 Å². The van der Waals surface area contributed by atoms with Crippen LogP contribution in [0.15, 0.2) is 59.5 Å². The van der Waals surface area contributed by atoms with E-state index in [0.29, 0.717) is 18.0 Å². The van der Waals surface area contributed by atoms with Crippen molar-refractivity contribution in [2.24, 2.45) is 0 Å². The lowest BCUT2D eigenvalue weighted by Crippen LogP contribution is -2.40. The van der Waals surface area contributed by atoms with Crippen molar-refractivity contribution in [1.82, 2.24) is 10.0 Å². The number of sulfonamides is 1. The first-order valence-corrected chi connectivity index (χ1v) is 8.43. The number of nitrogens with one attached hydrogen (secondary N) is 2. The van der Waals surface area contributed by atoms with Crippen LogP contribution in [0.3, 0.4) is 0 Å². The molecule has 2 amide bonds. The van der Waals surface area contributed by atoms with Gasteiger partial charge in [0.2, 0.25) is 0 Å². The third kappa shape index (κ3) is 4.75. The van der Waals surface area contributed by atoms with Crippen LogP contribution < -0.4 is 10.0 Å². The topological polar surface area (TPSA) is 75.3 Å². The van der Waals surface area contributed by atoms with Crippen molar-refractivity contribution in [3.63, 3.8) is 0 Å². The summed E-state index contributed by atoms with van der Waals surface area (Å²) in [5, 5.41) is 2.94. The van der Waals surface area contributed by atoms with Crippen molar-refractivity contribution >= 4 is 27.7 Å². The SMILES string of the molecule is O=C(NCCc1ccccc1)NS(=O)(=O)c1ccc(Cl)cc1. The zero-order valence-corrected chi connectivity index (χ0v) is 13.2. The summed E-state index contributed by atoms with van der Waals surface area (Å²) in [5.74, 6) is 0. The van der Waals surface area contributed by atoms with E-state index in [4.69, 9.17) is 11.6 Å². The summed E-state index contributed by atoms with van der Waals surface area (Å²) in [7, 11) is -3.89. The van der Waals surface area contributed by atoms with Crippen molar-refractivity contribution in [1.29, 1.82) is 0 Å². The maximum absolute atomic E-state index is 12.0. The predicted octanol–water partition coefficient (Wildman–Crippen LogP) is 2.57. The third-order valence-corrected chi connectivity index (χ3v) is 4.49. The average molecular weight is 339 g/mol. The van der Waals surface area contributed by atoms with E-state index in [0.717, 1.165) is 5.56 Å². The zero-order valence-electron chi connectivity index (χ0n) is 11.6. The van der Waals surface area contributed by atoms with Crippen LogP contribution in [0.5, 0.6) is 0 Å². The van der Waals surface area contributed by atoms with Crippen molar-refractivity contribution in [3.8, 4) is 0 Å². The maximum atomic E-state index is 12.0. The number of carbonyl (C=O) groups is 1. The molecule has 0 saturated carbocycles. The third-order valence-electron chi connectivity index (χ3n) is 2.89. The molecule has 0 heterocycles. The van der Waals surface area contributed by atoms with Gasteiger partial charge in [0.1, 0.15) is 0 Å². The summed E-state index contributed by atoms with van der Waals surface area (Å²) in [6.45, 7) is 0.339. The first-order valence-electron chi connectivity index (χ1n) is 6.57. The largest absolute Gasteiger partial charge is 0.337 e. The molecule has 0 spiro atoms. The quantitative estimate of drug-likeness (QED) is 0.879. The van der Waals surface area contributed by atoms with Crippen LogP contribution in [0, 0.1) is 0 Å². The molecule has 22 heavy (non-hydrogen) atoms. The van der Waals surface area contributed by atoms with Gasteiger partial charge in [0, 0.05) is 11.6 Å². The van der Waals surface area contributed by atoms with Crippen molar-refractivity contribution < 1.29 is 13.2 Å². The molecule has 7 heteroatoms. The minimum absolute atomic E-state index is 0.0184. The van der Waals surface area contributed by atoms with E-state index in [1.54, 1.807) is 0 Å². The van der Waals surface area contributed by atoms with Crippen LogP contribution in [0.2, 0.25) is 5.02 Å². The minimum atomic E-state index is -3.89. The Balaban J connectivity index is 1.87. The lowest BCUT2D eigenvalue weighted by atomic mass is 10.1. The number of halogens is 1. The van der Waals surface area contributed by atoms with Gasteiger partial charge in [0.25, 0.3) is 10.0 Å². The Kier molecular flexibility index (Phi) is 5.41. The molecule has 2 aromatic rings. The highest BCUT2D eigenvalue weighted by Gasteiger charge is 2.16. The van der Waals surface area contributed by atoms with Crippen LogP contribution in [0.1, 0.15) is 5.56 Å². The Morgan fingerprint density at radius 1 is 1.00 bits per heavy atom. The highest BCUT2D eigenvalue weighted by atomic mass is 35.5. The number of urea groups is 1. The summed E-state index contributed by atoms with van der Waals surface area (Å²) in [4.78, 5) is 11.6. The molecule has 0 aromatic heterocycles. The molecular weight excluding hydrogens is 324 g/mol. The second kappa shape index (κ2) is 7.29. The van der Waals surface area contributed by atoms with E-state index in [1.165, 1.54) is 24.3 Å². The minimum Gasteiger partial charge on any atom is -0.337 e. The van der Waals surface area contributed by atoms with E-state index in [-0.39, 0.29) is 4.90 Å². The lowest BCUT2D eigenvalue weighted by Gasteiger charge is -2.08. The summed E-state index contributed by atoms with van der Waals surface area (Å²) < 4.78 is 25.9. The first kappa shape index (κ1) is 16.3. The van der Waals surface area contributed by atoms with Crippen LogP contribution >= 0.6 is 11.6 Å². The maximum Gasteiger partial charge on any atom is 0.328 e. The number of hydrogen-bond donors (Lipinski definition) is 2. The standard InChI is InChI=1S/C15H15ClN2O3S/c16-13-6-8-14(9-7-13)22(20,21)18-15(19)17-11-10-12-4-2-1-3-5-12/h1-9H,10-11H2,(H2,17,18,19). The van der Waals surface area contributed by atoms with E-state index in [9.17, 15) is 13.2 Å². The Morgan fingerprint density at radius 2 is 1.64 bits per heavy atom. The summed E-state index contributed by atoms with van der Waals surface area (Å²) in [5.41, 5.74) is 1.06. The number of carbonyl (C=O) groups excluding carboxylic acids is 1. The summed E-state index contributed by atoms with van der Waals surface area (Å²) >= 11 is 5.70. The molecule has 0 atom stereocenters. The van der Waals surface area contributed by atoms with Gasteiger partial charge in [-0.3, -0.25) is 0 Å². The van der Waals surface area contributed by atoms with Gasteiger partial charge in [-0.1, -0.05) is 41.9 Å². The number of amides is 2. The molecule has 0 fully saturated rings. The van der Waals surface area contributed by atoms with Crippen molar-refractivity contribution in [3.05, 3.63) is 65.2 Å². The van der Waals surface area contributed by atoms with Gasteiger partial charge in [0.05, 0.1) is 4.90 Å². The van der Waals surface area contributed by atoms with E-state index in [2.05, 4.69) is 5.32 Å². The molecule has 0 radical (unpaired) electrons. The van der Waals surface area contributed by atoms with Gasteiger partial charge in [-0.25, -0.2) is 17.9 Å². The molecule has 0 unspecified atom stereocenters. The second-order valence-corrected chi connectivity index (χ2v) is 6.67. The summed E-state index contributed by atoms with van der Waals surface area (Å²) in [6, 6.07) is 14.4. The second-order valence-electron chi connectivity index (χ2n) is 4.55. The van der Waals surface area contributed by atoms with E-state index in [1.807, 2.05) is 35.1 Å². The molecular formula is C15H15ClN2O3S. The van der Waals surface area contributed by atoms with Crippen molar-refractivity contribution in [2.45, 2.75) is 11.3 Å². The fraction of sp³-hybridized carbons (Fsp3) is 0.133. The highest BCUT2D eigenvalue weighted by Crippen LogP contribution is 2.13.